The van der Waals surface area contributed by atoms with Gasteiger partial charge in [-0.25, -0.2) is 0 Å². The third kappa shape index (κ3) is 3.52. The fourth-order valence-corrected chi connectivity index (χ4v) is 1.82. The Hall–Kier alpha value is -1.93. The zero-order chi connectivity index (χ0) is 13.7. The first kappa shape index (κ1) is 13.5. The normalized spacial score (nSPS) is 11.7. The third-order valence-electron chi connectivity index (χ3n) is 2.63. The summed E-state index contributed by atoms with van der Waals surface area (Å²) >= 11 is 6.13. The van der Waals surface area contributed by atoms with Crippen molar-refractivity contribution in [3.63, 3.8) is 0 Å². The lowest BCUT2D eigenvalue weighted by Gasteiger charge is -2.12. The van der Waals surface area contributed by atoms with Gasteiger partial charge in [-0.15, -0.1) is 0 Å². The summed E-state index contributed by atoms with van der Waals surface area (Å²) in [5.74, 6) is 2.21. The van der Waals surface area contributed by atoms with Gasteiger partial charge in [0.05, 0.1) is 12.1 Å². The van der Waals surface area contributed by atoms with Crippen molar-refractivity contribution in [3.05, 3.63) is 65.2 Å². The van der Waals surface area contributed by atoms with Gasteiger partial charge in [-0.05, 0) is 43.3 Å². The van der Waals surface area contributed by atoms with Gasteiger partial charge in [-0.3, -0.25) is 0 Å². The van der Waals surface area contributed by atoms with Crippen LogP contribution in [0.3, 0.4) is 0 Å². The van der Waals surface area contributed by atoms with Gasteiger partial charge in [0.1, 0.15) is 17.3 Å². The summed E-state index contributed by atoms with van der Waals surface area (Å²) in [6.07, 6.45) is 0. The van der Waals surface area contributed by atoms with Crippen LogP contribution in [0.25, 0.3) is 5.76 Å². The maximum absolute atomic E-state index is 6.13. The van der Waals surface area contributed by atoms with E-state index < -0.39 is 0 Å². The van der Waals surface area contributed by atoms with E-state index in [0.29, 0.717) is 10.8 Å². The van der Waals surface area contributed by atoms with E-state index in [-0.39, 0.29) is 0 Å². The summed E-state index contributed by atoms with van der Waals surface area (Å²) in [6, 6.07) is 17.2. The summed E-state index contributed by atoms with van der Waals surface area (Å²) in [7, 11) is 1.64. The maximum Gasteiger partial charge on any atom is 0.148 e. The van der Waals surface area contributed by atoms with Crippen molar-refractivity contribution in [1.29, 1.82) is 0 Å². The monoisotopic (exact) mass is 274 g/mol. The molecule has 19 heavy (non-hydrogen) atoms. The molecule has 0 aromatic heterocycles. The Morgan fingerprint density at radius 1 is 0.895 bits per heavy atom. The van der Waals surface area contributed by atoms with Crippen LogP contribution in [0.4, 0.5) is 0 Å². The molecule has 0 bridgehead atoms. The number of rotatable bonds is 4. The van der Waals surface area contributed by atoms with Crippen molar-refractivity contribution in [1.82, 2.24) is 0 Å². The van der Waals surface area contributed by atoms with E-state index in [2.05, 4.69) is 0 Å². The Kier molecular flexibility index (Phi) is 4.48. The lowest BCUT2D eigenvalue weighted by molar-refractivity contribution is 0.414. The molecule has 0 aliphatic carbocycles. The summed E-state index contributed by atoms with van der Waals surface area (Å²) in [4.78, 5) is 0. The zero-order valence-electron chi connectivity index (χ0n) is 10.9. The standard InChI is InChI=1S/C16H15ClO2/c1-12(17)16(19-15-6-4-3-5-7-15)13-8-10-14(18-2)11-9-13/h3-11H,1-2H3/b16-12+. The number of allylic oxidation sites excluding steroid dienone is 1. The van der Waals surface area contributed by atoms with E-state index in [1.165, 1.54) is 0 Å². The first-order valence-electron chi connectivity index (χ1n) is 5.94. The molecule has 2 nitrogen and oxygen atoms in total. The fraction of sp³-hybridized carbons (Fsp3) is 0.125. The smallest absolute Gasteiger partial charge is 0.148 e. The van der Waals surface area contributed by atoms with Gasteiger partial charge in [-0.1, -0.05) is 29.8 Å². The van der Waals surface area contributed by atoms with Gasteiger partial charge in [-0.2, -0.15) is 0 Å². The van der Waals surface area contributed by atoms with Gasteiger partial charge < -0.3 is 9.47 Å². The summed E-state index contributed by atoms with van der Waals surface area (Å²) in [5, 5.41) is 0.606. The predicted molar refractivity (Wildman–Crippen MR) is 78.5 cm³/mol. The fourth-order valence-electron chi connectivity index (χ4n) is 1.68. The largest absolute Gasteiger partial charge is 0.497 e. The number of halogens is 1. The molecule has 0 N–H and O–H groups in total. The minimum absolute atomic E-state index is 0.606. The zero-order valence-corrected chi connectivity index (χ0v) is 11.6. The number of hydrogen-bond acceptors (Lipinski definition) is 2. The summed E-state index contributed by atoms with van der Waals surface area (Å²) in [6.45, 7) is 1.81. The third-order valence-corrected chi connectivity index (χ3v) is 2.80. The molecule has 0 heterocycles. The Labute approximate surface area is 118 Å². The molecule has 2 aromatic rings. The summed E-state index contributed by atoms with van der Waals surface area (Å²) in [5.41, 5.74) is 0.914. The van der Waals surface area contributed by atoms with E-state index in [1.807, 2.05) is 61.5 Å². The van der Waals surface area contributed by atoms with Crippen LogP contribution in [0.2, 0.25) is 0 Å². The van der Waals surface area contributed by atoms with Gasteiger partial charge in [0.15, 0.2) is 0 Å². The molecule has 98 valence electrons. The van der Waals surface area contributed by atoms with E-state index in [0.717, 1.165) is 17.1 Å². The highest BCUT2D eigenvalue weighted by Crippen LogP contribution is 2.26. The highest BCUT2D eigenvalue weighted by Gasteiger charge is 2.08. The predicted octanol–water partition coefficient (Wildman–Crippen LogP) is 4.70. The van der Waals surface area contributed by atoms with Crippen LogP contribution in [-0.2, 0) is 0 Å². The van der Waals surface area contributed by atoms with Crippen molar-refractivity contribution < 1.29 is 9.47 Å². The molecule has 0 atom stereocenters. The van der Waals surface area contributed by atoms with Gasteiger partial charge in [0.25, 0.3) is 0 Å². The van der Waals surface area contributed by atoms with Crippen molar-refractivity contribution in [2.45, 2.75) is 6.92 Å². The van der Waals surface area contributed by atoms with E-state index in [1.54, 1.807) is 7.11 Å². The Balaban J connectivity index is 2.28. The molecule has 0 saturated carbocycles. The maximum atomic E-state index is 6.13. The number of para-hydroxylation sites is 1. The second kappa shape index (κ2) is 6.30. The molecule has 0 fully saturated rings. The first-order chi connectivity index (χ1) is 9.20. The molecule has 0 spiro atoms. The molecule has 0 unspecified atom stereocenters. The van der Waals surface area contributed by atoms with Crippen LogP contribution in [0, 0.1) is 0 Å². The molecule has 0 radical (unpaired) electrons. The average molecular weight is 275 g/mol. The number of methoxy groups -OCH3 is 1. The average Bonchev–Trinajstić information content (AvgIpc) is 2.46. The molecule has 3 heteroatoms. The van der Waals surface area contributed by atoms with Crippen molar-refractivity contribution >= 4 is 17.4 Å². The van der Waals surface area contributed by atoms with Crippen LogP contribution in [0.5, 0.6) is 11.5 Å². The van der Waals surface area contributed by atoms with Crippen molar-refractivity contribution in [3.8, 4) is 11.5 Å². The minimum atomic E-state index is 0.606. The molecule has 0 amide bonds. The highest BCUT2D eigenvalue weighted by molar-refractivity contribution is 6.32. The molecule has 2 rings (SSSR count). The Morgan fingerprint density at radius 3 is 2.05 bits per heavy atom. The van der Waals surface area contributed by atoms with E-state index >= 15 is 0 Å². The first-order valence-corrected chi connectivity index (χ1v) is 6.32. The Morgan fingerprint density at radius 2 is 1.53 bits per heavy atom. The topological polar surface area (TPSA) is 18.5 Å². The molecule has 2 aromatic carbocycles. The highest BCUT2D eigenvalue weighted by atomic mass is 35.5. The quantitative estimate of drug-likeness (QED) is 0.752. The Bertz CT molecular complexity index is 555. The van der Waals surface area contributed by atoms with Gasteiger partial charge >= 0.3 is 0 Å². The summed E-state index contributed by atoms with van der Waals surface area (Å²) < 4.78 is 11.0. The van der Waals surface area contributed by atoms with E-state index in [9.17, 15) is 0 Å². The van der Waals surface area contributed by atoms with Crippen LogP contribution in [0.1, 0.15) is 12.5 Å². The SMILES string of the molecule is COc1ccc(/C(Oc2ccccc2)=C(/C)Cl)cc1. The minimum Gasteiger partial charge on any atom is -0.497 e. The number of ether oxygens (including phenoxy) is 2. The van der Waals surface area contributed by atoms with Gasteiger partial charge in [0, 0.05) is 5.56 Å². The number of hydrogen-bond donors (Lipinski definition) is 0. The van der Waals surface area contributed by atoms with Gasteiger partial charge in [0.2, 0.25) is 0 Å². The number of benzene rings is 2. The van der Waals surface area contributed by atoms with Crippen LogP contribution in [0.15, 0.2) is 59.6 Å². The lowest BCUT2D eigenvalue weighted by Crippen LogP contribution is -1.96. The lowest BCUT2D eigenvalue weighted by atomic mass is 10.1. The second-order valence-corrected chi connectivity index (χ2v) is 4.57. The van der Waals surface area contributed by atoms with Crippen LogP contribution in [-0.4, -0.2) is 7.11 Å². The molecular formula is C16H15ClO2. The van der Waals surface area contributed by atoms with Crippen LogP contribution >= 0.6 is 11.6 Å². The second-order valence-electron chi connectivity index (χ2n) is 4.01. The molecule has 0 aliphatic heterocycles. The van der Waals surface area contributed by atoms with Crippen molar-refractivity contribution in [2.75, 3.05) is 7.11 Å². The van der Waals surface area contributed by atoms with E-state index in [4.69, 9.17) is 21.1 Å². The van der Waals surface area contributed by atoms with Crippen LogP contribution < -0.4 is 9.47 Å². The molecule has 0 aliphatic rings. The van der Waals surface area contributed by atoms with Crippen molar-refractivity contribution in [2.24, 2.45) is 0 Å². The molecule has 0 saturated heterocycles. The molecular weight excluding hydrogens is 260 g/mol.